The average molecular weight is 748 g/mol. The van der Waals surface area contributed by atoms with Crippen LogP contribution in [0.5, 0.6) is 0 Å². The van der Waals surface area contributed by atoms with Gasteiger partial charge in [-0.3, -0.25) is 9.59 Å². The van der Waals surface area contributed by atoms with Gasteiger partial charge >= 0.3 is 11.9 Å². The zero-order valence-electron chi connectivity index (χ0n) is 35.5. The minimum atomic E-state index is -0.450. The molecule has 0 aromatic carbocycles. The Balaban J connectivity index is 1.79. The van der Waals surface area contributed by atoms with Gasteiger partial charge in [0.1, 0.15) is 18.8 Å². The van der Waals surface area contributed by atoms with Gasteiger partial charge in [-0.1, -0.05) is 148 Å². The van der Waals surface area contributed by atoms with Gasteiger partial charge in [-0.25, -0.2) is 0 Å². The Morgan fingerprint density at radius 2 is 1.30 bits per heavy atom. The number of ether oxygens (including phenoxy) is 4. The molecule has 0 amide bonds. The number of nitrogens with zero attached hydrogens (tertiary/aromatic N) is 1. The molecule has 7 nitrogen and oxygen atoms in total. The first-order valence-corrected chi connectivity index (χ1v) is 22.7. The molecule has 1 aliphatic heterocycles. The molecule has 1 aliphatic carbocycles. The minimum absolute atomic E-state index is 0.0836. The smallest absolute Gasteiger partial charge is 0.313 e. The van der Waals surface area contributed by atoms with E-state index < -0.39 is 5.41 Å². The molecule has 1 heterocycles. The fourth-order valence-electron chi connectivity index (χ4n) is 8.26. The lowest BCUT2D eigenvalue weighted by Crippen LogP contribution is -2.36. The van der Waals surface area contributed by atoms with E-state index in [0.717, 1.165) is 64.6 Å². The first kappa shape index (κ1) is 47.7. The molecule has 5 atom stereocenters. The number of carbonyl (C=O) groups excluding carboxylic acids is 2. The van der Waals surface area contributed by atoms with Crippen LogP contribution in [0.2, 0.25) is 0 Å². The van der Waals surface area contributed by atoms with Crippen LogP contribution in [0.3, 0.4) is 0 Å². The lowest BCUT2D eigenvalue weighted by atomic mass is 9.87. The summed E-state index contributed by atoms with van der Waals surface area (Å²) in [5, 5.41) is 0. The number of hydrogen-bond acceptors (Lipinski definition) is 7. The van der Waals surface area contributed by atoms with Crippen molar-refractivity contribution in [2.24, 2.45) is 17.3 Å². The van der Waals surface area contributed by atoms with E-state index in [-0.39, 0.29) is 42.6 Å². The number of rotatable bonds is 34. The van der Waals surface area contributed by atoms with Crippen LogP contribution in [0, 0.1) is 17.3 Å². The lowest BCUT2D eigenvalue weighted by molar-refractivity contribution is -0.162. The van der Waals surface area contributed by atoms with Gasteiger partial charge in [-0.15, -0.1) is 0 Å². The third kappa shape index (κ3) is 22.0. The molecule has 0 aromatic rings. The molecule has 1 saturated heterocycles. The summed E-state index contributed by atoms with van der Waals surface area (Å²) < 4.78 is 24.5. The first-order valence-electron chi connectivity index (χ1n) is 22.7. The Bertz CT molecular complexity index is 941. The molecule has 2 fully saturated rings. The summed E-state index contributed by atoms with van der Waals surface area (Å²) in [5.41, 5.74) is -0.450. The van der Waals surface area contributed by atoms with E-state index in [4.69, 9.17) is 18.9 Å². The molecule has 0 aromatic heterocycles. The zero-order valence-corrected chi connectivity index (χ0v) is 35.5. The Morgan fingerprint density at radius 3 is 1.85 bits per heavy atom. The minimum Gasteiger partial charge on any atom is -0.463 e. The molecule has 7 heteroatoms. The second kappa shape index (κ2) is 30.7. The van der Waals surface area contributed by atoms with E-state index in [9.17, 15) is 9.59 Å². The maximum atomic E-state index is 13.3. The van der Waals surface area contributed by atoms with Gasteiger partial charge in [0.25, 0.3) is 0 Å². The Kier molecular flexibility index (Phi) is 27.7. The number of carbonyl (C=O) groups is 2. The van der Waals surface area contributed by atoms with Crippen LogP contribution in [-0.2, 0) is 28.5 Å². The average Bonchev–Trinajstić information content (AvgIpc) is 3.70. The van der Waals surface area contributed by atoms with Gasteiger partial charge in [0.15, 0.2) is 0 Å². The fourth-order valence-corrected chi connectivity index (χ4v) is 8.26. The molecule has 1 saturated carbocycles. The van der Waals surface area contributed by atoms with Crippen LogP contribution in [0.25, 0.3) is 0 Å². The van der Waals surface area contributed by atoms with Gasteiger partial charge in [0.2, 0.25) is 0 Å². The van der Waals surface area contributed by atoms with E-state index in [1.807, 2.05) is 6.92 Å². The molecule has 5 unspecified atom stereocenters. The van der Waals surface area contributed by atoms with E-state index in [1.54, 1.807) is 0 Å². The van der Waals surface area contributed by atoms with Crippen molar-refractivity contribution < 1.29 is 28.5 Å². The highest BCUT2D eigenvalue weighted by molar-refractivity contribution is 5.77. The molecular formula is C46H85NO6. The maximum Gasteiger partial charge on any atom is 0.313 e. The summed E-state index contributed by atoms with van der Waals surface area (Å²) in [4.78, 5) is 28.8. The normalized spacial score (nSPS) is 22.5. The monoisotopic (exact) mass is 748 g/mol. The molecule has 0 bridgehead atoms. The molecular weight excluding hydrogens is 663 g/mol. The Hall–Kier alpha value is -1.44. The van der Waals surface area contributed by atoms with Crippen molar-refractivity contribution in [1.82, 2.24) is 4.90 Å². The summed E-state index contributed by atoms with van der Waals surface area (Å²) in [6.07, 6.45) is 34.6. The molecule has 2 rings (SSSR count). The van der Waals surface area contributed by atoms with Crippen molar-refractivity contribution in [2.75, 3.05) is 46.6 Å². The predicted octanol–water partition coefficient (Wildman–Crippen LogP) is 11.8. The summed E-state index contributed by atoms with van der Waals surface area (Å²) in [6.45, 7) is 12.5. The maximum absolute atomic E-state index is 13.3. The SMILES string of the molecule is CC/C=C\CC1C(CC(=O)OCC(COCCCCCCCCCCCC)OCCCCCCCCCCCC)CCC1OC(=O)C1(C)CCN(C)C1. The van der Waals surface area contributed by atoms with Crippen molar-refractivity contribution in [1.29, 1.82) is 0 Å². The van der Waals surface area contributed by atoms with Crippen LogP contribution >= 0.6 is 0 Å². The molecule has 0 radical (unpaired) electrons. The van der Waals surface area contributed by atoms with Crippen molar-refractivity contribution >= 4 is 11.9 Å². The highest BCUT2D eigenvalue weighted by Gasteiger charge is 2.45. The highest BCUT2D eigenvalue weighted by Crippen LogP contribution is 2.41. The largest absolute Gasteiger partial charge is 0.463 e. The number of likely N-dealkylation sites (tertiary alicyclic amines) is 1. The van der Waals surface area contributed by atoms with Gasteiger partial charge in [-0.2, -0.15) is 0 Å². The summed E-state index contributed by atoms with van der Waals surface area (Å²) in [7, 11) is 2.06. The molecule has 2 aliphatic rings. The van der Waals surface area contributed by atoms with E-state index in [2.05, 4.69) is 44.9 Å². The van der Waals surface area contributed by atoms with E-state index in [1.165, 1.54) is 116 Å². The van der Waals surface area contributed by atoms with Crippen LogP contribution < -0.4 is 0 Å². The molecule has 53 heavy (non-hydrogen) atoms. The van der Waals surface area contributed by atoms with Crippen LogP contribution in [-0.4, -0.2) is 75.6 Å². The lowest BCUT2D eigenvalue weighted by Gasteiger charge is -2.28. The summed E-state index contributed by atoms with van der Waals surface area (Å²) in [5.74, 6) is 0.00193. The van der Waals surface area contributed by atoms with E-state index in [0.29, 0.717) is 19.6 Å². The molecule has 0 N–H and O–H groups in total. The Labute approximate surface area is 327 Å². The molecule has 310 valence electrons. The van der Waals surface area contributed by atoms with Gasteiger partial charge in [0.05, 0.1) is 12.0 Å². The fraction of sp³-hybridized carbons (Fsp3) is 0.913. The Morgan fingerprint density at radius 1 is 0.736 bits per heavy atom. The third-order valence-electron chi connectivity index (χ3n) is 11.8. The van der Waals surface area contributed by atoms with Gasteiger partial charge < -0.3 is 23.8 Å². The quantitative estimate of drug-likeness (QED) is 0.0368. The third-order valence-corrected chi connectivity index (χ3v) is 11.8. The second-order valence-electron chi connectivity index (χ2n) is 16.9. The number of unbranched alkanes of at least 4 members (excludes halogenated alkanes) is 18. The summed E-state index contributed by atoms with van der Waals surface area (Å²) in [6, 6.07) is 0. The van der Waals surface area contributed by atoms with E-state index >= 15 is 0 Å². The zero-order chi connectivity index (χ0) is 38.4. The molecule has 0 spiro atoms. The van der Waals surface area contributed by atoms with Crippen molar-refractivity contribution in [3.8, 4) is 0 Å². The van der Waals surface area contributed by atoms with Crippen LogP contribution in [0.1, 0.15) is 195 Å². The highest BCUT2D eigenvalue weighted by atomic mass is 16.6. The van der Waals surface area contributed by atoms with Crippen molar-refractivity contribution in [3.63, 3.8) is 0 Å². The number of hydrogen-bond donors (Lipinski definition) is 0. The predicted molar refractivity (Wildman–Crippen MR) is 220 cm³/mol. The van der Waals surface area contributed by atoms with Gasteiger partial charge in [0, 0.05) is 32.1 Å². The van der Waals surface area contributed by atoms with Crippen LogP contribution in [0.4, 0.5) is 0 Å². The number of esters is 2. The second-order valence-corrected chi connectivity index (χ2v) is 16.9. The number of allylic oxidation sites excluding steroid dienone is 2. The standard InChI is InChI=1S/C46H85NO6/c1-6-9-12-14-16-18-20-22-24-27-34-50-37-41(51-35-28-25-23-21-19-17-15-13-10-7-2)38-52-44(48)36-40-30-31-43(42(40)29-26-11-8-3)53-45(49)46(4)32-33-47(5)39-46/h11,26,40-43H,6-10,12-25,27-39H2,1-5H3/b26-11-. The first-order chi connectivity index (χ1) is 25.8. The summed E-state index contributed by atoms with van der Waals surface area (Å²) >= 11 is 0. The van der Waals surface area contributed by atoms with Crippen LogP contribution in [0.15, 0.2) is 12.2 Å². The topological polar surface area (TPSA) is 74.3 Å². The van der Waals surface area contributed by atoms with Crippen molar-refractivity contribution in [2.45, 2.75) is 207 Å². The van der Waals surface area contributed by atoms with Gasteiger partial charge in [-0.05, 0) is 71.4 Å². The van der Waals surface area contributed by atoms with Crippen molar-refractivity contribution in [3.05, 3.63) is 12.2 Å².